The second-order valence-corrected chi connectivity index (χ2v) is 10.5. The standard InChI is InChI=1S/C29H32F5N7O3/c1-4-16-12-38-27(42)21-26(37-13-17-10-20-41(40-17)8-5-9-43-20)24(31)25(39-28(21)44-14(2)6-7-36-16)18-11-19(35)23(30)15(3)22(18)29(32,33)34/h4,10-11,14,36H,5-9,12-13,35H2,1-3H3,(H,37,39)(H,38,42)/b16-4-/t14-/m0/s1. The first kappa shape index (κ1) is 30.9. The number of ether oxygens (including phenoxy) is 2. The van der Waals surface area contributed by atoms with E-state index in [1.165, 1.54) is 0 Å². The van der Waals surface area contributed by atoms with Crippen LogP contribution in [0.15, 0.2) is 23.9 Å². The molecule has 0 radical (unpaired) electrons. The van der Waals surface area contributed by atoms with E-state index in [4.69, 9.17) is 15.2 Å². The average Bonchev–Trinajstić information content (AvgIpc) is 3.38. The van der Waals surface area contributed by atoms with Gasteiger partial charge in [0.1, 0.15) is 17.1 Å². The fraction of sp³-hybridized carbons (Fsp3) is 0.414. The lowest BCUT2D eigenvalue weighted by atomic mass is 9.95. The number of nitrogens with one attached hydrogen (secondary N) is 3. The van der Waals surface area contributed by atoms with Crippen molar-refractivity contribution in [2.24, 2.45) is 0 Å². The lowest BCUT2D eigenvalue weighted by Crippen LogP contribution is -2.31. The number of anilines is 2. The topological polar surface area (TPSA) is 128 Å². The summed E-state index contributed by atoms with van der Waals surface area (Å²) < 4.78 is 87.3. The van der Waals surface area contributed by atoms with Gasteiger partial charge in [-0.1, -0.05) is 6.08 Å². The zero-order chi connectivity index (χ0) is 31.8. The molecule has 5 rings (SSSR count). The van der Waals surface area contributed by atoms with E-state index in [-0.39, 0.29) is 18.7 Å². The third-order valence-corrected chi connectivity index (χ3v) is 7.40. The number of hydrogen-bond acceptors (Lipinski definition) is 8. The molecule has 0 fully saturated rings. The molecular formula is C29H32F5N7O3. The van der Waals surface area contributed by atoms with Gasteiger partial charge >= 0.3 is 6.18 Å². The summed E-state index contributed by atoms with van der Waals surface area (Å²) in [6.07, 6.45) is -2.75. The van der Waals surface area contributed by atoms with Gasteiger partial charge in [0.25, 0.3) is 5.91 Å². The van der Waals surface area contributed by atoms with Crippen molar-refractivity contribution in [2.45, 2.75) is 59.0 Å². The molecule has 0 spiro atoms. The molecule has 2 aliphatic rings. The van der Waals surface area contributed by atoms with Crippen molar-refractivity contribution in [1.29, 1.82) is 0 Å². The van der Waals surface area contributed by atoms with Gasteiger partial charge in [-0.05, 0) is 32.4 Å². The van der Waals surface area contributed by atoms with Crippen molar-refractivity contribution >= 4 is 17.3 Å². The molecule has 1 atom stereocenters. The molecule has 44 heavy (non-hydrogen) atoms. The van der Waals surface area contributed by atoms with Gasteiger partial charge in [-0.15, -0.1) is 0 Å². The van der Waals surface area contributed by atoms with Gasteiger partial charge in [-0.2, -0.15) is 18.3 Å². The number of benzene rings is 1. The number of amides is 1. The van der Waals surface area contributed by atoms with Crippen molar-refractivity contribution in [3.8, 4) is 23.0 Å². The summed E-state index contributed by atoms with van der Waals surface area (Å²) in [5, 5.41) is 13.1. The van der Waals surface area contributed by atoms with Crippen LogP contribution in [0, 0.1) is 18.6 Å². The second-order valence-electron chi connectivity index (χ2n) is 10.5. The Kier molecular flexibility index (Phi) is 8.57. The van der Waals surface area contributed by atoms with Crippen LogP contribution in [0.2, 0.25) is 0 Å². The molecule has 1 aromatic carbocycles. The second kappa shape index (κ2) is 12.2. The quantitative estimate of drug-likeness (QED) is 0.239. The van der Waals surface area contributed by atoms with E-state index in [2.05, 4.69) is 26.0 Å². The van der Waals surface area contributed by atoms with Crippen LogP contribution in [-0.4, -0.2) is 46.5 Å². The SMILES string of the molecule is C/C=C1/CNC(=O)c2c(nc(-c3cc(N)c(F)c(C)c3C(F)(F)F)c(F)c2NCc2cc3n(n2)CCCO3)O[C@@H](C)CCN1. The van der Waals surface area contributed by atoms with Gasteiger partial charge in [0.05, 0.1) is 48.4 Å². The van der Waals surface area contributed by atoms with E-state index >= 15 is 4.39 Å². The van der Waals surface area contributed by atoms with E-state index < -0.39 is 69.5 Å². The molecule has 2 aliphatic heterocycles. The number of hydrogen-bond donors (Lipinski definition) is 4. The lowest BCUT2D eigenvalue weighted by Gasteiger charge is -2.22. The maximum Gasteiger partial charge on any atom is 0.417 e. The van der Waals surface area contributed by atoms with E-state index in [0.29, 0.717) is 49.5 Å². The minimum Gasteiger partial charge on any atom is -0.478 e. The summed E-state index contributed by atoms with van der Waals surface area (Å²) in [4.78, 5) is 17.7. The fourth-order valence-corrected chi connectivity index (χ4v) is 5.15. The fourth-order valence-electron chi connectivity index (χ4n) is 5.15. The number of carbonyl (C=O) groups excluding carboxylic acids is 1. The third-order valence-electron chi connectivity index (χ3n) is 7.40. The minimum absolute atomic E-state index is 0.0585. The largest absolute Gasteiger partial charge is 0.478 e. The number of allylic oxidation sites excluding steroid dienone is 1. The number of nitrogens with zero attached hydrogens (tertiary/aromatic N) is 3. The molecular weight excluding hydrogens is 589 g/mol. The van der Waals surface area contributed by atoms with Crippen molar-refractivity contribution in [2.75, 3.05) is 30.7 Å². The average molecular weight is 622 g/mol. The smallest absolute Gasteiger partial charge is 0.417 e. The number of nitrogen functional groups attached to an aromatic ring is 1. The molecule has 2 aromatic heterocycles. The maximum absolute atomic E-state index is 16.6. The zero-order valence-electron chi connectivity index (χ0n) is 24.3. The number of rotatable bonds is 4. The van der Waals surface area contributed by atoms with Gasteiger partial charge in [0.15, 0.2) is 5.82 Å². The highest BCUT2D eigenvalue weighted by Gasteiger charge is 2.40. The van der Waals surface area contributed by atoms with Gasteiger partial charge < -0.3 is 31.2 Å². The molecule has 15 heteroatoms. The number of halogens is 5. The number of nitrogens with two attached hydrogens (primary N) is 1. The molecule has 4 heterocycles. The highest BCUT2D eigenvalue weighted by atomic mass is 19.4. The van der Waals surface area contributed by atoms with Crippen molar-refractivity contribution in [3.05, 3.63) is 57.9 Å². The molecule has 0 saturated carbocycles. The number of aryl methyl sites for hydroxylation is 1. The van der Waals surface area contributed by atoms with Gasteiger partial charge in [0, 0.05) is 43.3 Å². The monoisotopic (exact) mass is 621 g/mol. The van der Waals surface area contributed by atoms with Crippen molar-refractivity contribution < 1.29 is 36.2 Å². The molecule has 1 amide bonds. The molecule has 236 valence electrons. The lowest BCUT2D eigenvalue weighted by molar-refractivity contribution is -0.137. The van der Waals surface area contributed by atoms with Crippen molar-refractivity contribution in [3.63, 3.8) is 0 Å². The highest BCUT2D eigenvalue weighted by Crippen LogP contribution is 2.44. The maximum atomic E-state index is 16.6. The summed E-state index contributed by atoms with van der Waals surface area (Å²) in [5.41, 5.74) is 1.51. The van der Waals surface area contributed by atoms with E-state index in [1.54, 1.807) is 30.7 Å². The Morgan fingerprint density at radius 3 is 2.70 bits per heavy atom. The van der Waals surface area contributed by atoms with Crippen LogP contribution in [-0.2, 0) is 19.3 Å². The summed E-state index contributed by atoms with van der Waals surface area (Å²) in [6.45, 7) is 5.87. The highest BCUT2D eigenvalue weighted by molar-refractivity contribution is 6.03. The van der Waals surface area contributed by atoms with E-state index in [1.807, 2.05) is 0 Å². The Labute approximate surface area is 249 Å². The number of carbonyl (C=O) groups is 1. The van der Waals surface area contributed by atoms with Crippen LogP contribution in [0.25, 0.3) is 11.3 Å². The van der Waals surface area contributed by atoms with Crippen molar-refractivity contribution in [1.82, 2.24) is 25.4 Å². The molecule has 0 saturated heterocycles. The summed E-state index contributed by atoms with van der Waals surface area (Å²) in [5.74, 6) is -3.24. The molecule has 5 N–H and O–H groups in total. The van der Waals surface area contributed by atoms with E-state index in [0.717, 1.165) is 13.3 Å². The Bertz CT molecular complexity index is 1600. The predicted octanol–water partition coefficient (Wildman–Crippen LogP) is 4.92. The molecule has 3 aromatic rings. The number of aromatic nitrogens is 3. The van der Waals surface area contributed by atoms with E-state index in [9.17, 15) is 22.4 Å². The minimum atomic E-state index is -5.09. The van der Waals surface area contributed by atoms with Crippen LogP contribution in [0.1, 0.15) is 53.9 Å². The van der Waals surface area contributed by atoms with Crippen LogP contribution in [0.5, 0.6) is 11.8 Å². The molecule has 0 unspecified atom stereocenters. The van der Waals surface area contributed by atoms with Gasteiger partial charge in [-0.3, -0.25) is 4.79 Å². The number of fused-ring (bicyclic) bond motifs is 2. The Hall–Kier alpha value is -4.56. The van der Waals surface area contributed by atoms with Crippen LogP contribution >= 0.6 is 0 Å². The van der Waals surface area contributed by atoms with Crippen LogP contribution < -0.4 is 31.2 Å². The van der Waals surface area contributed by atoms with Crippen LogP contribution in [0.4, 0.5) is 33.3 Å². The Morgan fingerprint density at radius 2 is 2.00 bits per heavy atom. The molecule has 0 aliphatic carbocycles. The van der Waals surface area contributed by atoms with Gasteiger partial charge in [-0.25, -0.2) is 18.4 Å². The summed E-state index contributed by atoms with van der Waals surface area (Å²) in [7, 11) is 0. The Balaban J connectivity index is 1.71. The number of pyridine rings is 1. The van der Waals surface area contributed by atoms with Gasteiger partial charge in [0.2, 0.25) is 11.8 Å². The first-order valence-electron chi connectivity index (χ1n) is 14.1. The first-order valence-corrected chi connectivity index (χ1v) is 14.1. The van der Waals surface area contributed by atoms with Crippen LogP contribution in [0.3, 0.4) is 0 Å². The Morgan fingerprint density at radius 1 is 1.23 bits per heavy atom. The summed E-state index contributed by atoms with van der Waals surface area (Å²) >= 11 is 0. The molecule has 10 nitrogen and oxygen atoms in total. The predicted molar refractivity (Wildman–Crippen MR) is 152 cm³/mol. The normalized spacial score (nSPS) is 18.2. The molecule has 0 bridgehead atoms. The third kappa shape index (κ3) is 6.08. The first-order chi connectivity index (χ1) is 20.9. The zero-order valence-corrected chi connectivity index (χ0v) is 24.3. The summed E-state index contributed by atoms with van der Waals surface area (Å²) in [6, 6.07) is 2.33. The number of alkyl halides is 3.